The first-order chi connectivity index (χ1) is 6.63. The molecular formula is C10H14N2O2. The number of amides is 1. The lowest BCUT2D eigenvalue weighted by atomic mass is 10.2. The van der Waals surface area contributed by atoms with Gasteiger partial charge in [0.15, 0.2) is 0 Å². The Bertz CT molecular complexity index is 337. The normalized spacial score (nSPS) is 9.86. The van der Waals surface area contributed by atoms with Crippen LogP contribution < -0.4 is 11.1 Å². The van der Waals surface area contributed by atoms with Crippen LogP contribution in [0.15, 0.2) is 18.2 Å². The lowest BCUT2D eigenvalue weighted by Gasteiger charge is -2.05. The molecule has 76 valence electrons. The zero-order valence-electron chi connectivity index (χ0n) is 8.08. The Labute approximate surface area is 82.7 Å². The fourth-order valence-electron chi connectivity index (χ4n) is 1.04. The van der Waals surface area contributed by atoms with Gasteiger partial charge < -0.3 is 16.2 Å². The number of nitrogens with two attached hydrogens (primary N) is 1. The largest absolute Gasteiger partial charge is 0.508 e. The summed E-state index contributed by atoms with van der Waals surface area (Å²) in [6, 6.07) is 5.00. The van der Waals surface area contributed by atoms with Crippen LogP contribution >= 0.6 is 0 Å². The van der Waals surface area contributed by atoms with E-state index in [-0.39, 0.29) is 18.1 Å². The Morgan fingerprint density at radius 2 is 2.29 bits per heavy atom. The van der Waals surface area contributed by atoms with Crippen LogP contribution in [0.1, 0.15) is 12.0 Å². The van der Waals surface area contributed by atoms with Gasteiger partial charge in [0.05, 0.1) is 0 Å². The Kier molecular flexibility index (Phi) is 3.48. The molecule has 0 atom stereocenters. The number of hydrogen-bond acceptors (Lipinski definition) is 3. The first-order valence-corrected chi connectivity index (χ1v) is 4.43. The van der Waals surface area contributed by atoms with E-state index in [9.17, 15) is 9.90 Å². The van der Waals surface area contributed by atoms with Gasteiger partial charge in [-0.15, -0.1) is 0 Å². The van der Waals surface area contributed by atoms with Crippen molar-refractivity contribution in [3.8, 4) is 5.75 Å². The number of phenolic OH excluding ortho intramolecular Hbond substituents is 1. The Morgan fingerprint density at radius 3 is 2.86 bits per heavy atom. The number of nitrogens with one attached hydrogen (secondary N) is 1. The third-order valence-corrected chi connectivity index (χ3v) is 1.86. The minimum absolute atomic E-state index is 0.143. The first kappa shape index (κ1) is 10.5. The van der Waals surface area contributed by atoms with Crippen LogP contribution in [-0.2, 0) is 4.79 Å². The highest BCUT2D eigenvalue weighted by atomic mass is 16.3. The predicted molar refractivity (Wildman–Crippen MR) is 55.1 cm³/mol. The molecule has 14 heavy (non-hydrogen) atoms. The number of rotatable bonds is 3. The number of aryl methyl sites for hydroxylation is 1. The van der Waals surface area contributed by atoms with E-state index in [1.54, 1.807) is 19.1 Å². The van der Waals surface area contributed by atoms with Crippen molar-refractivity contribution in [1.29, 1.82) is 0 Å². The second kappa shape index (κ2) is 4.62. The summed E-state index contributed by atoms with van der Waals surface area (Å²) in [5.41, 5.74) is 6.60. The fourth-order valence-corrected chi connectivity index (χ4v) is 1.04. The second-order valence-corrected chi connectivity index (χ2v) is 3.09. The molecule has 0 aliphatic rings. The van der Waals surface area contributed by atoms with Gasteiger partial charge >= 0.3 is 0 Å². The maximum atomic E-state index is 11.1. The summed E-state index contributed by atoms with van der Waals surface area (Å²) >= 11 is 0. The maximum absolute atomic E-state index is 11.1. The number of carbonyl (C=O) groups excluding carboxylic acids is 1. The smallest absolute Gasteiger partial charge is 0.225 e. The van der Waals surface area contributed by atoms with Crippen molar-refractivity contribution >= 4 is 11.6 Å². The van der Waals surface area contributed by atoms with Crippen molar-refractivity contribution in [2.75, 3.05) is 11.9 Å². The second-order valence-electron chi connectivity index (χ2n) is 3.09. The van der Waals surface area contributed by atoms with Gasteiger partial charge in [0, 0.05) is 24.7 Å². The number of hydrogen-bond donors (Lipinski definition) is 3. The van der Waals surface area contributed by atoms with E-state index >= 15 is 0 Å². The molecule has 0 spiro atoms. The van der Waals surface area contributed by atoms with Gasteiger partial charge in [-0.25, -0.2) is 0 Å². The van der Waals surface area contributed by atoms with E-state index in [1.165, 1.54) is 6.07 Å². The van der Waals surface area contributed by atoms with E-state index in [0.29, 0.717) is 12.2 Å². The molecule has 0 heterocycles. The molecule has 0 saturated carbocycles. The van der Waals surface area contributed by atoms with Crippen LogP contribution in [0.5, 0.6) is 5.75 Å². The molecule has 0 aliphatic carbocycles. The Balaban J connectivity index is 2.68. The highest BCUT2D eigenvalue weighted by molar-refractivity contribution is 5.91. The van der Waals surface area contributed by atoms with Crippen LogP contribution in [0.4, 0.5) is 5.69 Å². The van der Waals surface area contributed by atoms with Crippen molar-refractivity contribution in [2.24, 2.45) is 5.73 Å². The van der Waals surface area contributed by atoms with E-state index in [1.807, 2.05) is 0 Å². The summed E-state index contributed by atoms with van der Waals surface area (Å²) in [7, 11) is 0. The average molecular weight is 194 g/mol. The molecule has 0 saturated heterocycles. The Morgan fingerprint density at radius 1 is 1.57 bits per heavy atom. The summed E-state index contributed by atoms with van der Waals surface area (Å²) in [5.74, 6) is 0.0336. The summed E-state index contributed by atoms with van der Waals surface area (Å²) in [6.45, 7) is 2.12. The molecular weight excluding hydrogens is 180 g/mol. The van der Waals surface area contributed by atoms with Gasteiger partial charge in [0.1, 0.15) is 5.75 Å². The predicted octanol–water partition coefficient (Wildman–Crippen LogP) is 0.988. The molecule has 1 aromatic rings. The Hall–Kier alpha value is -1.55. The quantitative estimate of drug-likeness (QED) is 0.671. The summed E-state index contributed by atoms with van der Waals surface area (Å²) in [4.78, 5) is 11.1. The third kappa shape index (κ3) is 2.74. The molecule has 0 aromatic heterocycles. The molecule has 0 bridgehead atoms. The minimum atomic E-state index is -0.143. The average Bonchev–Trinajstić information content (AvgIpc) is 2.12. The number of phenols is 1. The van der Waals surface area contributed by atoms with Crippen molar-refractivity contribution in [1.82, 2.24) is 0 Å². The molecule has 0 radical (unpaired) electrons. The van der Waals surface area contributed by atoms with Gasteiger partial charge in [-0.2, -0.15) is 0 Å². The lowest BCUT2D eigenvalue weighted by molar-refractivity contribution is -0.116. The maximum Gasteiger partial charge on any atom is 0.225 e. The number of benzene rings is 1. The van der Waals surface area contributed by atoms with Crippen LogP contribution in [0.3, 0.4) is 0 Å². The molecule has 4 nitrogen and oxygen atoms in total. The van der Waals surface area contributed by atoms with E-state index in [0.717, 1.165) is 5.56 Å². The van der Waals surface area contributed by atoms with Crippen LogP contribution in [0.2, 0.25) is 0 Å². The fraction of sp³-hybridized carbons (Fsp3) is 0.300. The molecule has 1 aromatic carbocycles. The van der Waals surface area contributed by atoms with Gasteiger partial charge in [0.25, 0.3) is 0 Å². The summed E-state index contributed by atoms with van der Waals surface area (Å²) in [6.07, 6.45) is 0.286. The summed E-state index contributed by atoms with van der Waals surface area (Å²) in [5, 5.41) is 12.0. The van der Waals surface area contributed by atoms with Crippen LogP contribution in [0, 0.1) is 6.92 Å². The highest BCUT2D eigenvalue weighted by Crippen LogP contribution is 2.20. The SMILES string of the molecule is Cc1ccc(NC(=O)CCN)cc1O. The standard InChI is InChI=1S/C10H14N2O2/c1-7-2-3-8(6-9(7)13)12-10(14)4-5-11/h2-3,6,13H,4-5,11H2,1H3,(H,12,14). The van der Waals surface area contributed by atoms with E-state index in [4.69, 9.17) is 5.73 Å². The molecule has 0 fully saturated rings. The zero-order chi connectivity index (χ0) is 10.6. The molecule has 1 rings (SSSR count). The van der Waals surface area contributed by atoms with Crippen LogP contribution in [0.25, 0.3) is 0 Å². The molecule has 1 amide bonds. The van der Waals surface area contributed by atoms with Crippen LogP contribution in [-0.4, -0.2) is 17.6 Å². The van der Waals surface area contributed by atoms with Crippen molar-refractivity contribution in [3.63, 3.8) is 0 Å². The van der Waals surface area contributed by atoms with Gasteiger partial charge in [0.2, 0.25) is 5.91 Å². The summed E-state index contributed by atoms with van der Waals surface area (Å²) < 4.78 is 0. The van der Waals surface area contributed by atoms with Gasteiger partial charge in [-0.05, 0) is 18.6 Å². The van der Waals surface area contributed by atoms with Crippen molar-refractivity contribution < 1.29 is 9.90 Å². The van der Waals surface area contributed by atoms with Crippen molar-refractivity contribution in [2.45, 2.75) is 13.3 Å². The monoisotopic (exact) mass is 194 g/mol. The third-order valence-electron chi connectivity index (χ3n) is 1.86. The number of aromatic hydroxyl groups is 1. The minimum Gasteiger partial charge on any atom is -0.508 e. The van der Waals surface area contributed by atoms with Gasteiger partial charge in [-0.3, -0.25) is 4.79 Å². The van der Waals surface area contributed by atoms with E-state index < -0.39 is 0 Å². The lowest BCUT2D eigenvalue weighted by Crippen LogP contribution is -2.16. The molecule has 0 aliphatic heterocycles. The molecule has 4 N–H and O–H groups in total. The highest BCUT2D eigenvalue weighted by Gasteiger charge is 2.02. The first-order valence-electron chi connectivity index (χ1n) is 4.43. The van der Waals surface area contributed by atoms with Gasteiger partial charge in [-0.1, -0.05) is 6.07 Å². The topological polar surface area (TPSA) is 75.4 Å². The number of carbonyl (C=O) groups is 1. The zero-order valence-corrected chi connectivity index (χ0v) is 8.08. The molecule has 0 unspecified atom stereocenters. The molecule has 4 heteroatoms. The van der Waals surface area contributed by atoms with Crippen molar-refractivity contribution in [3.05, 3.63) is 23.8 Å². The van der Waals surface area contributed by atoms with E-state index in [2.05, 4.69) is 5.32 Å². The number of anilines is 1.